The molecule has 0 unspecified atom stereocenters. The summed E-state index contributed by atoms with van der Waals surface area (Å²) in [5.41, 5.74) is 3.63. The van der Waals surface area contributed by atoms with Crippen LogP contribution in [0.25, 0.3) is 10.9 Å². The number of aromatic nitrogens is 3. The van der Waals surface area contributed by atoms with Gasteiger partial charge in [-0.2, -0.15) is 0 Å². The van der Waals surface area contributed by atoms with Gasteiger partial charge in [-0.3, -0.25) is 9.88 Å². The lowest BCUT2D eigenvalue weighted by Crippen LogP contribution is -2.27. The summed E-state index contributed by atoms with van der Waals surface area (Å²) in [6.45, 7) is 6.26. The molecule has 31 heavy (non-hydrogen) atoms. The Bertz CT molecular complexity index is 1020. The predicted molar refractivity (Wildman–Crippen MR) is 125 cm³/mol. The van der Waals surface area contributed by atoms with Gasteiger partial charge in [0.2, 0.25) is 5.95 Å². The normalized spacial score (nSPS) is 22.1. The zero-order valence-electron chi connectivity index (χ0n) is 18.6. The van der Waals surface area contributed by atoms with E-state index in [1.807, 2.05) is 18.5 Å². The van der Waals surface area contributed by atoms with Gasteiger partial charge in [-0.05, 0) is 50.6 Å². The summed E-state index contributed by atoms with van der Waals surface area (Å²) in [5, 5.41) is 1.21. The summed E-state index contributed by atoms with van der Waals surface area (Å²) in [7, 11) is 4.34. The number of hydrogen-bond acceptors (Lipinski definition) is 6. The molecule has 0 aliphatic carbocycles. The zero-order valence-corrected chi connectivity index (χ0v) is 18.6. The standard InChI is InChI=1S/C25H32N6/c1-29(2)15-21-17-30(16-20-8-5-7-19-9-6-11-26-24(19)20)18-22(21)23-10-12-27-25(28-23)31-13-3-4-14-31/h5-12,21-22H,3-4,13-18H2,1-2H3/t21-,22-/m1/s1. The van der Waals surface area contributed by atoms with Crippen LogP contribution >= 0.6 is 0 Å². The first-order valence-corrected chi connectivity index (χ1v) is 11.4. The average molecular weight is 417 g/mol. The molecule has 2 aromatic heterocycles. The molecule has 0 bridgehead atoms. The van der Waals surface area contributed by atoms with E-state index in [1.165, 1.54) is 29.5 Å². The van der Waals surface area contributed by atoms with Crippen LogP contribution in [0.2, 0.25) is 0 Å². The Morgan fingerprint density at radius 1 is 0.968 bits per heavy atom. The van der Waals surface area contributed by atoms with Crippen molar-refractivity contribution in [3.8, 4) is 0 Å². The van der Waals surface area contributed by atoms with Gasteiger partial charge in [0.15, 0.2) is 0 Å². The molecule has 0 spiro atoms. The van der Waals surface area contributed by atoms with Crippen molar-refractivity contribution < 1.29 is 0 Å². The third-order valence-corrected chi connectivity index (χ3v) is 6.66. The van der Waals surface area contributed by atoms with Crippen molar-refractivity contribution >= 4 is 16.9 Å². The predicted octanol–water partition coefficient (Wildman–Crippen LogP) is 3.40. The summed E-state index contributed by atoms with van der Waals surface area (Å²) < 4.78 is 0. The monoisotopic (exact) mass is 416 g/mol. The maximum atomic E-state index is 5.04. The number of rotatable bonds is 6. The molecule has 4 heterocycles. The van der Waals surface area contributed by atoms with E-state index in [1.54, 1.807) is 0 Å². The summed E-state index contributed by atoms with van der Waals surface area (Å²) in [4.78, 5) is 21.5. The summed E-state index contributed by atoms with van der Waals surface area (Å²) in [6.07, 6.45) is 6.34. The van der Waals surface area contributed by atoms with E-state index in [-0.39, 0.29) is 0 Å². The molecule has 2 aliphatic heterocycles. The van der Waals surface area contributed by atoms with Gasteiger partial charge in [-0.1, -0.05) is 24.3 Å². The largest absolute Gasteiger partial charge is 0.341 e. The fourth-order valence-electron chi connectivity index (χ4n) is 5.25. The van der Waals surface area contributed by atoms with Gasteiger partial charge >= 0.3 is 0 Å². The Kier molecular flexibility index (Phi) is 5.83. The molecule has 0 saturated carbocycles. The lowest BCUT2D eigenvalue weighted by Gasteiger charge is -2.23. The first-order valence-electron chi connectivity index (χ1n) is 11.4. The number of nitrogens with zero attached hydrogens (tertiary/aromatic N) is 6. The first kappa shape index (κ1) is 20.3. The highest BCUT2D eigenvalue weighted by Crippen LogP contribution is 2.34. The minimum absolute atomic E-state index is 0.426. The maximum absolute atomic E-state index is 5.04. The van der Waals surface area contributed by atoms with E-state index in [0.29, 0.717) is 11.8 Å². The van der Waals surface area contributed by atoms with Crippen molar-refractivity contribution in [1.29, 1.82) is 0 Å². The number of likely N-dealkylation sites (tertiary alicyclic amines) is 1. The number of anilines is 1. The quantitative estimate of drug-likeness (QED) is 0.614. The van der Waals surface area contributed by atoms with Crippen molar-refractivity contribution in [3.05, 3.63) is 60.0 Å². The van der Waals surface area contributed by atoms with Crippen LogP contribution in [0.3, 0.4) is 0 Å². The van der Waals surface area contributed by atoms with Gasteiger partial charge in [0.05, 0.1) is 11.2 Å². The number of para-hydroxylation sites is 1. The maximum Gasteiger partial charge on any atom is 0.225 e. The Morgan fingerprint density at radius 2 is 1.81 bits per heavy atom. The molecule has 3 aromatic rings. The van der Waals surface area contributed by atoms with Crippen LogP contribution in [0.15, 0.2) is 48.8 Å². The van der Waals surface area contributed by atoms with E-state index >= 15 is 0 Å². The second-order valence-corrected chi connectivity index (χ2v) is 9.29. The SMILES string of the molecule is CN(C)C[C@@H]1CN(Cc2cccc3cccnc23)C[C@H]1c1ccnc(N2CCCC2)n1. The van der Waals surface area contributed by atoms with Crippen LogP contribution in [0.5, 0.6) is 0 Å². The lowest BCUT2D eigenvalue weighted by molar-refractivity contribution is 0.285. The van der Waals surface area contributed by atoms with Crippen LogP contribution in [0.4, 0.5) is 5.95 Å². The first-order chi connectivity index (χ1) is 15.2. The van der Waals surface area contributed by atoms with Gasteiger partial charge < -0.3 is 9.80 Å². The smallest absolute Gasteiger partial charge is 0.225 e. The van der Waals surface area contributed by atoms with E-state index in [4.69, 9.17) is 4.98 Å². The molecular formula is C25H32N6. The van der Waals surface area contributed by atoms with Gasteiger partial charge in [-0.15, -0.1) is 0 Å². The molecule has 2 aliphatic rings. The molecule has 1 aromatic carbocycles. The Balaban J connectivity index is 1.39. The van der Waals surface area contributed by atoms with Gasteiger partial charge in [0.1, 0.15) is 0 Å². The van der Waals surface area contributed by atoms with Gasteiger partial charge in [0.25, 0.3) is 0 Å². The second kappa shape index (κ2) is 8.89. The summed E-state index contributed by atoms with van der Waals surface area (Å²) in [6, 6.07) is 12.8. The molecule has 5 rings (SSSR count). The molecule has 2 atom stereocenters. The Morgan fingerprint density at radius 3 is 2.65 bits per heavy atom. The molecule has 6 heteroatoms. The minimum atomic E-state index is 0.426. The van der Waals surface area contributed by atoms with E-state index in [0.717, 1.165) is 50.7 Å². The third-order valence-electron chi connectivity index (χ3n) is 6.66. The van der Waals surface area contributed by atoms with Crippen molar-refractivity contribution in [2.45, 2.75) is 25.3 Å². The molecule has 0 radical (unpaired) electrons. The average Bonchev–Trinajstić information content (AvgIpc) is 3.44. The fraction of sp³-hybridized carbons (Fsp3) is 0.480. The third kappa shape index (κ3) is 4.41. The number of fused-ring (bicyclic) bond motifs is 1. The molecular weight excluding hydrogens is 384 g/mol. The van der Waals surface area contributed by atoms with Crippen LogP contribution < -0.4 is 4.90 Å². The lowest BCUT2D eigenvalue weighted by atomic mass is 9.92. The summed E-state index contributed by atoms with van der Waals surface area (Å²) >= 11 is 0. The molecule has 0 N–H and O–H groups in total. The number of pyridine rings is 1. The highest BCUT2D eigenvalue weighted by Gasteiger charge is 2.35. The van der Waals surface area contributed by atoms with Crippen LogP contribution in [-0.2, 0) is 6.54 Å². The van der Waals surface area contributed by atoms with E-state index in [2.05, 4.69) is 69.1 Å². The fourth-order valence-corrected chi connectivity index (χ4v) is 5.25. The van der Waals surface area contributed by atoms with Gasteiger partial charge in [-0.25, -0.2) is 9.97 Å². The number of benzene rings is 1. The Hall–Kier alpha value is -2.57. The number of hydrogen-bond donors (Lipinski definition) is 0. The van der Waals surface area contributed by atoms with Crippen molar-refractivity contribution in [2.24, 2.45) is 5.92 Å². The highest BCUT2D eigenvalue weighted by molar-refractivity contribution is 5.81. The van der Waals surface area contributed by atoms with Crippen LogP contribution in [0.1, 0.15) is 30.0 Å². The van der Waals surface area contributed by atoms with E-state index < -0.39 is 0 Å². The van der Waals surface area contributed by atoms with Crippen molar-refractivity contribution in [2.75, 3.05) is 51.7 Å². The van der Waals surface area contributed by atoms with Crippen molar-refractivity contribution in [1.82, 2.24) is 24.8 Å². The Labute approximate surface area is 184 Å². The molecule has 2 fully saturated rings. The van der Waals surface area contributed by atoms with Gasteiger partial charge in [0, 0.05) is 63.0 Å². The van der Waals surface area contributed by atoms with Crippen LogP contribution in [0, 0.1) is 5.92 Å². The molecule has 2 saturated heterocycles. The summed E-state index contributed by atoms with van der Waals surface area (Å²) in [5.74, 6) is 1.89. The van der Waals surface area contributed by atoms with Crippen molar-refractivity contribution in [3.63, 3.8) is 0 Å². The second-order valence-electron chi connectivity index (χ2n) is 9.29. The van der Waals surface area contributed by atoms with Crippen LogP contribution in [-0.4, -0.2) is 71.6 Å². The zero-order chi connectivity index (χ0) is 21.2. The molecule has 162 valence electrons. The minimum Gasteiger partial charge on any atom is -0.341 e. The molecule has 0 amide bonds. The highest BCUT2D eigenvalue weighted by atomic mass is 15.3. The topological polar surface area (TPSA) is 48.4 Å². The van der Waals surface area contributed by atoms with E-state index in [9.17, 15) is 0 Å². The molecule has 6 nitrogen and oxygen atoms in total.